The van der Waals surface area contributed by atoms with Gasteiger partial charge < -0.3 is 4.90 Å². The maximum absolute atomic E-state index is 14.2. The Labute approximate surface area is 153 Å². The Morgan fingerprint density at radius 2 is 2.00 bits per heavy atom. The highest BCUT2D eigenvalue weighted by Crippen LogP contribution is 2.35. The average molecular weight is 357 g/mol. The smallest absolute Gasteiger partial charge is 0.134 e. The second-order valence-electron chi connectivity index (χ2n) is 7.54. The van der Waals surface area contributed by atoms with Gasteiger partial charge in [0.15, 0.2) is 0 Å². The second kappa shape index (κ2) is 7.70. The van der Waals surface area contributed by atoms with E-state index in [4.69, 9.17) is 0 Å². The van der Waals surface area contributed by atoms with Crippen LogP contribution in [0.3, 0.4) is 0 Å². The number of aromatic nitrogens is 2. The summed E-state index contributed by atoms with van der Waals surface area (Å²) in [6.07, 6.45) is 11.8. The van der Waals surface area contributed by atoms with Crippen molar-refractivity contribution < 1.29 is 8.78 Å². The van der Waals surface area contributed by atoms with E-state index in [1.165, 1.54) is 31.0 Å². The lowest BCUT2D eigenvalue weighted by Crippen LogP contribution is -2.38. The predicted octanol–water partition coefficient (Wildman–Crippen LogP) is 4.89. The number of nitrogens with zero attached hydrogens (tertiary/aromatic N) is 2. The fraction of sp³-hybridized carbons (Fsp3) is 0.476. The quantitative estimate of drug-likeness (QED) is 0.790. The molecule has 1 N–H and O–H groups in total. The van der Waals surface area contributed by atoms with E-state index in [0.29, 0.717) is 5.56 Å². The number of H-pyrrole nitrogens is 1. The van der Waals surface area contributed by atoms with Crippen LogP contribution >= 0.6 is 0 Å². The zero-order valence-corrected chi connectivity index (χ0v) is 14.9. The van der Waals surface area contributed by atoms with Gasteiger partial charge in [0.1, 0.15) is 11.6 Å². The van der Waals surface area contributed by atoms with Crippen LogP contribution in [0.15, 0.2) is 36.5 Å². The number of benzene rings is 1. The Balaban J connectivity index is 1.53. The van der Waals surface area contributed by atoms with E-state index in [-0.39, 0.29) is 11.5 Å². The van der Waals surface area contributed by atoms with Crippen LogP contribution in [-0.4, -0.2) is 34.7 Å². The van der Waals surface area contributed by atoms with E-state index in [1.807, 2.05) is 0 Å². The molecule has 0 amide bonds. The van der Waals surface area contributed by atoms with Crippen molar-refractivity contribution in [3.63, 3.8) is 0 Å². The molecule has 1 aromatic carbocycles. The summed E-state index contributed by atoms with van der Waals surface area (Å²) < 4.78 is 28.5. The molecule has 0 spiro atoms. The fourth-order valence-corrected chi connectivity index (χ4v) is 4.41. The standard InChI is InChI=1S/C21H25F2N3/c22-18-9-4-10-19(23)20(18)17-12-24-25-21(17)16-8-5-11-26(14-16)13-15-6-2-1-3-7-15/h1-2,4,9-10,12,15-16H,3,5-8,11,13-14H2,(H,24,25)/t15-,16-/m1/s1. The van der Waals surface area contributed by atoms with Crippen molar-refractivity contribution in [1.82, 2.24) is 15.1 Å². The Kier molecular flexibility index (Phi) is 5.16. The summed E-state index contributed by atoms with van der Waals surface area (Å²) in [5.41, 5.74) is 1.46. The van der Waals surface area contributed by atoms with Gasteiger partial charge in [0.05, 0.1) is 11.8 Å². The lowest BCUT2D eigenvalue weighted by atomic mass is 9.88. The number of hydrogen-bond donors (Lipinski definition) is 1. The number of allylic oxidation sites excluding steroid dienone is 2. The molecule has 1 aromatic heterocycles. The monoisotopic (exact) mass is 357 g/mol. The third-order valence-corrected chi connectivity index (χ3v) is 5.71. The number of hydrogen-bond acceptors (Lipinski definition) is 2. The summed E-state index contributed by atoms with van der Waals surface area (Å²) in [7, 11) is 0. The van der Waals surface area contributed by atoms with Gasteiger partial charge in [-0.25, -0.2) is 8.78 Å². The highest BCUT2D eigenvalue weighted by atomic mass is 19.1. The molecule has 138 valence electrons. The second-order valence-corrected chi connectivity index (χ2v) is 7.54. The molecule has 5 heteroatoms. The van der Waals surface area contributed by atoms with Gasteiger partial charge in [0, 0.05) is 30.3 Å². The zero-order valence-electron chi connectivity index (χ0n) is 14.9. The molecule has 0 radical (unpaired) electrons. The van der Waals surface area contributed by atoms with E-state index in [1.54, 1.807) is 6.20 Å². The molecule has 2 aromatic rings. The van der Waals surface area contributed by atoms with Crippen LogP contribution in [0.4, 0.5) is 8.78 Å². The molecular weight excluding hydrogens is 332 g/mol. The van der Waals surface area contributed by atoms with E-state index in [2.05, 4.69) is 27.2 Å². The van der Waals surface area contributed by atoms with Crippen molar-refractivity contribution in [3.05, 3.63) is 53.9 Å². The molecule has 2 aliphatic rings. The molecule has 3 nitrogen and oxygen atoms in total. The summed E-state index contributed by atoms with van der Waals surface area (Å²) in [6.45, 7) is 3.14. The van der Waals surface area contributed by atoms with Crippen molar-refractivity contribution in [3.8, 4) is 11.1 Å². The summed E-state index contributed by atoms with van der Waals surface area (Å²) in [5.74, 6) is -0.105. The third-order valence-electron chi connectivity index (χ3n) is 5.71. The van der Waals surface area contributed by atoms with Crippen LogP contribution in [0.5, 0.6) is 0 Å². The number of nitrogens with one attached hydrogen (secondary N) is 1. The predicted molar refractivity (Wildman–Crippen MR) is 98.8 cm³/mol. The SMILES string of the molecule is Fc1cccc(F)c1-c1cn[nH]c1[C@@H]1CCCN(C[C@@H]2CC=CCC2)C1. The van der Waals surface area contributed by atoms with Gasteiger partial charge in [-0.15, -0.1) is 0 Å². The van der Waals surface area contributed by atoms with Crippen molar-refractivity contribution in [2.24, 2.45) is 5.92 Å². The molecule has 1 fully saturated rings. The average Bonchev–Trinajstić information content (AvgIpc) is 3.12. The van der Waals surface area contributed by atoms with Crippen LogP contribution in [-0.2, 0) is 0 Å². The molecule has 2 heterocycles. The van der Waals surface area contributed by atoms with E-state index >= 15 is 0 Å². The highest BCUT2D eigenvalue weighted by Gasteiger charge is 2.28. The Morgan fingerprint density at radius 1 is 1.15 bits per heavy atom. The number of piperidine rings is 1. The first-order valence-corrected chi connectivity index (χ1v) is 9.57. The Morgan fingerprint density at radius 3 is 2.77 bits per heavy atom. The van der Waals surface area contributed by atoms with Crippen molar-refractivity contribution in [1.29, 1.82) is 0 Å². The largest absolute Gasteiger partial charge is 0.302 e. The minimum Gasteiger partial charge on any atom is -0.302 e. The molecule has 1 aliphatic heterocycles. The van der Waals surface area contributed by atoms with Crippen molar-refractivity contribution in [2.45, 2.75) is 38.0 Å². The molecule has 1 aliphatic carbocycles. The summed E-state index contributed by atoms with van der Waals surface area (Å²) in [4.78, 5) is 2.51. The maximum atomic E-state index is 14.2. The minimum absolute atomic E-state index is 0.0331. The van der Waals surface area contributed by atoms with Gasteiger partial charge in [-0.3, -0.25) is 5.10 Å². The number of halogens is 2. The van der Waals surface area contributed by atoms with Crippen molar-refractivity contribution in [2.75, 3.05) is 19.6 Å². The van der Waals surface area contributed by atoms with Gasteiger partial charge in [-0.1, -0.05) is 18.2 Å². The lowest BCUT2D eigenvalue weighted by Gasteiger charge is -2.35. The molecule has 1 saturated heterocycles. The van der Waals surface area contributed by atoms with Crippen molar-refractivity contribution >= 4 is 0 Å². The number of rotatable bonds is 4. The van der Waals surface area contributed by atoms with Gasteiger partial charge in [0.25, 0.3) is 0 Å². The van der Waals surface area contributed by atoms with Gasteiger partial charge in [-0.05, 0) is 56.7 Å². The van der Waals surface area contributed by atoms with Gasteiger partial charge >= 0.3 is 0 Å². The number of aromatic amines is 1. The van der Waals surface area contributed by atoms with Gasteiger partial charge in [0.2, 0.25) is 0 Å². The molecule has 2 atom stereocenters. The first-order chi connectivity index (χ1) is 12.7. The highest BCUT2D eigenvalue weighted by molar-refractivity contribution is 5.67. The molecule has 26 heavy (non-hydrogen) atoms. The molecule has 0 saturated carbocycles. The Bertz CT molecular complexity index is 763. The summed E-state index contributed by atoms with van der Waals surface area (Å²) in [6, 6.07) is 4.01. The van der Waals surface area contributed by atoms with Crippen LogP contribution in [0.25, 0.3) is 11.1 Å². The number of likely N-dealkylation sites (tertiary alicyclic amines) is 1. The van der Waals surface area contributed by atoms with Crippen LogP contribution in [0.2, 0.25) is 0 Å². The molecule has 0 bridgehead atoms. The van der Waals surface area contributed by atoms with Crippen LogP contribution in [0, 0.1) is 17.6 Å². The van der Waals surface area contributed by atoms with Gasteiger partial charge in [-0.2, -0.15) is 5.10 Å². The fourth-order valence-electron chi connectivity index (χ4n) is 4.41. The molecular formula is C21H25F2N3. The lowest BCUT2D eigenvalue weighted by molar-refractivity contribution is 0.173. The maximum Gasteiger partial charge on any atom is 0.134 e. The molecule has 0 unspecified atom stereocenters. The first-order valence-electron chi connectivity index (χ1n) is 9.57. The van der Waals surface area contributed by atoms with Crippen LogP contribution < -0.4 is 0 Å². The van der Waals surface area contributed by atoms with E-state index in [0.717, 1.165) is 50.5 Å². The summed E-state index contributed by atoms with van der Waals surface area (Å²) in [5, 5.41) is 7.14. The van der Waals surface area contributed by atoms with E-state index < -0.39 is 11.6 Å². The first kappa shape index (κ1) is 17.4. The normalized spacial score (nSPS) is 24.1. The topological polar surface area (TPSA) is 31.9 Å². The summed E-state index contributed by atoms with van der Waals surface area (Å²) >= 11 is 0. The van der Waals surface area contributed by atoms with E-state index in [9.17, 15) is 8.78 Å². The molecule has 4 rings (SSSR count). The zero-order chi connectivity index (χ0) is 17.9. The Hall–Kier alpha value is -2.01. The third kappa shape index (κ3) is 3.58. The minimum atomic E-state index is -0.533. The van der Waals surface area contributed by atoms with Crippen LogP contribution in [0.1, 0.15) is 43.7 Å².